The van der Waals surface area contributed by atoms with Crippen LogP contribution in [0.2, 0.25) is 0 Å². The second kappa shape index (κ2) is 34.1. The Hall–Kier alpha value is -0.880. The van der Waals surface area contributed by atoms with Gasteiger partial charge in [0.2, 0.25) is 0 Å². The Balaban J connectivity index is 3.11. The Morgan fingerprint density at radius 2 is 0.763 bits per heavy atom. The summed E-state index contributed by atoms with van der Waals surface area (Å²) in [7, 11) is 0. The number of hydrogen-bond donors (Lipinski definition) is 0. The molecular formula is C28H55FO9. The lowest BCUT2D eigenvalue weighted by atomic mass is 10.1. The number of carbonyl (C=O) groups excluding carboxylic acids is 1. The largest absolute Gasteiger partial charge is 0.463 e. The van der Waals surface area contributed by atoms with Gasteiger partial charge in [0.15, 0.2) is 0 Å². The number of rotatable bonds is 33. The summed E-state index contributed by atoms with van der Waals surface area (Å²) in [6, 6.07) is 0. The first-order valence-electron chi connectivity index (χ1n) is 14.6. The van der Waals surface area contributed by atoms with Crippen LogP contribution in [0.5, 0.6) is 0 Å². The lowest BCUT2D eigenvalue weighted by Gasteiger charge is -2.08. The van der Waals surface area contributed by atoms with Gasteiger partial charge in [-0.2, -0.15) is 0 Å². The van der Waals surface area contributed by atoms with Crippen molar-refractivity contribution in [3.05, 3.63) is 0 Å². The topological polar surface area (TPSA) is 90.9 Å². The average Bonchev–Trinajstić information content (AvgIpc) is 2.92. The van der Waals surface area contributed by atoms with E-state index >= 15 is 0 Å². The van der Waals surface area contributed by atoms with Crippen molar-refractivity contribution in [1.29, 1.82) is 0 Å². The first-order chi connectivity index (χ1) is 18.8. The van der Waals surface area contributed by atoms with Crippen LogP contribution >= 0.6 is 0 Å². The third-order valence-corrected chi connectivity index (χ3v) is 5.43. The minimum atomic E-state index is -0.473. The van der Waals surface area contributed by atoms with Gasteiger partial charge >= 0.3 is 5.97 Å². The van der Waals surface area contributed by atoms with Crippen molar-refractivity contribution in [3.63, 3.8) is 0 Å². The molecule has 0 aliphatic rings. The number of carbonyl (C=O) groups is 1. The fourth-order valence-corrected chi connectivity index (χ4v) is 3.34. The van der Waals surface area contributed by atoms with Gasteiger partial charge in [-0.05, 0) is 6.42 Å². The molecule has 0 saturated heterocycles. The molecule has 0 rings (SSSR count). The van der Waals surface area contributed by atoms with Crippen molar-refractivity contribution in [2.45, 2.75) is 71.1 Å². The highest BCUT2D eigenvalue weighted by molar-refractivity contribution is 5.69. The van der Waals surface area contributed by atoms with E-state index in [-0.39, 0.29) is 19.2 Å². The van der Waals surface area contributed by atoms with Crippen molar-refractivity contribution in [2.75, 3.05) is 106 Å². The Kier molecular flexibility index (Phi) is 33.4. The monoisotopic (exact) mass is 554 g/mol. The van der Waals surface area contributed by atoms with Crippen molar-refractivity contribution < 1.29 is 47.1 Å². The molecule has 0 aromatic heterocycles. The summed E-state index contributed by atoms with van der Waals surface area (Å²) < 4.78 is 54.3. The zero-order valence-electron chi connectivity index (χ0n) is 23.9. The zero-order chi connectivity index (χ0) is 27.6. The van der Waals surface area contributed by atoms with E-state index in [1.807, 2.05) is 0 Å². The highest BCUT2D eigenvalue weighted by Crippen LogP contribution is 2.10. The summed E-state index contributed by atoms with van der Waals surface area (Å²) in [5.41, 5.74) is 0. The number of hydrogen-bond acceptors (Lipinski definition) is 9. The van der Waals surface area contributed by atoms with Gasteiger partial charge in [-0.15, -0.1) is 0 Å². The second-order valence-corrected chi connectivity index (χ2v) is 8.77. The van der Waals surface area contributed by atoms with Crippen LogP contribution in [0.1, 0.15) is 71.1 Å². The zero-order valence-corrected chi connectivity index (χ0v) is 23.9. The van der Waals surface area contributed by atoms with Crippen LogP contribution in [0.15, 0.2) is 0 Å². The fraction of sp³-hybridized carbons (Fsp3) is 0.964. The van der Waals surface area contributed by atoms with Gasteiger partial charge < -0.3 is 37.9 Å². The van der Waals surface area contributed by atoms with Gasteiger partial charge in [0.25, 0.3) is 0 Å². The number of unbranched alkanes of at least 4 members (excludes halogenated alkanes) is 8. The Morgan fingerprint density at radius 3 is 1.13 bits per heavy atom. The van der Waals surface area contributed by atoms with Crippen LogP contribution in [-0.4, -0.2) is 112 Å². The van der Waals surface area contributed by atoms with Crippen LogP contribution in [0.3, 0.4) is 0 Å². The van der Waals surface area contributed by atoms with Gasteiger partial charge in [-0.25, -0.2) is 4.39 Å². The van der Waals surface area contributed by atoms with E-state index in [9.17, 15) is 9.18 Å². The average molecular weight is 555 g/mol. The third-order valence-electron chi connectivity index (χ3n) is 5.43. The lowest BCUT2D eigenvalue weighted by Crippen LogP contribution is -2.15. The van der Waals surface area contributed by atoms with E-state index in [1.165, 1.54) is 44.9 Å². The van der Waals surface area contributed by atoms with Gasteiger partial charge in [0, 0.05) is 6.42 Å². The predicted octanol–water partition coefficient (Wildman–Crippen LogP) is 4.54. The van der Waals surface area contributed by atoms with Gasteiger partial charge in [-0.3, -0.25) is 4.79 Å². The minimum Gasteiger partial charge on any atom is -0.463 e. The SMILES string of the molecule is CCCCCCCCCCCC(=O)OCCOCCOCCOCCOCCOCCOCCOCCF. The lowest BCUT2D eigenvalue weighted by molar-refractivity contribution is -0.145. The molecule has 0 aliphatic heterocycles. The number of esters is 1. The summed E-state index contributed by atoms with van der Waals surface area (Å²) in [4.78, 5) is 11.7. The maximum absolute atomic E-state index is 11.8. The highest BCUT2D eigenvalue weighted by Gasteiger charge is 2.02. The van der Waals surface area contributed by atoms with Crippen LogP contribution in [0.25, 0.3) is 0 Å². The van der Waals surface area contributed by atoms with Crippen molar-refractivity contribution in [3.8, 4) is 0 Å². The van der Waals surface area contributed by atoms with Crippen LogP contribution < -0.4 is 0 Å². The molecular weight excluding hydrogens is 499 g/mol. The summed E-state index contributed by atoms with van der Waals surface area (Å²) in [6.07, 6.45) is 11.6. The molecule has 10 heteroatoms. The van der Waals surface area contributed by atoms with Crippen LogP contribution in [-0.2, 0) is 42.7 Å². The molecule has 0 unspecified atom stereocenters. The van der Waals surface area contributed by atoms with Crippen molar-refractivity contribution in [1.82, 2.24) is 0 Å². The molecule has 0 bridgehead atoms. The van der Waals surface area contributed by atoms with Crippen molar-refractivity contribution >= 4 is 5.97 Å². The van der Waals surface area contributed by atoms with Gasteiger partial charge in [-0.1, -0.05) is 58.3 Å². The van der Waals surface area contributed by atoms with E-state index < -0.39 is 6.67 Å². The standard InChI is InChI=1S/C28H55FO9/c1-2-3-4-5-6-7-8-9-10-11-28(30)38-27-26-37-25-24-36-23-22-35-21-20-34-19-18-33-17-16-32-15-14-31-13-12-29/h2-27H2,1H3. The van der Waals surface area contributed by atoms with Crippen LogP contribution in [0, 0.1) is 0 Å². The predicted molar refractivity (Wildman–Crippen MR) is 145 cm³/mol. The third kappa shape index (κ3) is 33.1. The molecule has 228 valence electrons. The molecule has 0 amide bonds. The van der Waals surface area contributed by atoms with E-state index in [1.54, 1.807) is 0 Å². The Morgan fingerprint density at radius 1 is 0.447 bits per heavy atom. The quantitative estimate of drug-likeness (QED) is 0.0857. The summed E-state index contributed by atoms with van der Waals surface area (Å²) in [6.45, 7) is 8.19. The number of halogens is 1. The molecule has 0 saturated carbocycles. The Labute approximate surface area is 230 Å². The first-order valence-corrected chi connectivity index (χ1v) is 14.6. The Bertz CT molecular complexity index is 458. The molecule has 0 aromatic rings. The highest BCUT2D eigenvalue weighted by atomic mass is 19.1. The normalized spacial score (nSPS) is 11.3. The molecule has 9 nitrogen and oxygen atoms in total. The molecule has 0 aliphatic carbocycles. The first kappa shape index (κ1) is 37.1. The summed E-state index contributed by atoms with van der Waals surface area (Å²) in [5.74, 6) is -0.138. The minimum absolute atomic E-state index is 0.115. The van der Waals surface area contributed by atoms with E-state index in [2.05, 4.69) is 6.92 Å². The smallest absolute Gasteiger partial charge is 0.305 e. The maximum atomic E-state index is 11.8. The molecule has 0 spiro atoms. The molecule has 0 heterocycles. The summed E-state index contributed by atoms with van der Waals surface area (Å²) >= 11 is 0. The number of alkyl halides is 1. The molecule has 38 heavy (non-hydrogen) atoms. The molecule has 0 fully saturated rings. The van der Waals surface area contributed by atoms with Crippen LogP contribution in [0.4, 0.5) is 4.39 Å². The van der Waals surface area contributed by atoms with Gasteiger partial charge in [0.1, 0.15) is 13.3 Å². The maximum Gasteiger partial charge on any atom is 0.305 e. The van der Waals surface area contributed by atoms with E-state index in [0.717, 1.165) is 12.8 Å². The van der Waals surface area contributed by atoms with E-state index in [4.69, 9.17) is 37.9 Å². The van der Waals surface area contributed by atoms with E-state index in [0.29, 0.717) is 92.3 Å². The van der Waals surface area contributed by atoms with Crippen molar-refractivity contribution in [2.24, 2.45) is 0 Å². The van der Waals surface area contributed by atoms with Gasteiger partial charge in [0.05, 0.1) is 92.5 Å². The molecule has 0 radical (unpaired) electrons. The second-order valence-electron chi connectivity index (χ2n) is 8.77. The fourth-order valence-electron chi connectivity index (χ4n) is 3.34. The number of ether oxygens (including phenoxy) is 8. The molecule has 0 N–H and O–H groups in total. The molecule has 0 atom stereocenters. The summed E-state index contributed by atoms with van der Waals surface area (Å²) in [5, 5.41) is 0. The molecule has 0 aromatic carbocycles.